The van der Waals surface area contributed by atoms with Gasteiger partial charge in [0, 0.05) is 0 Å². The monoisotopic (exact) mass is 281 g/mol. The molecule has 1 heterocycles. The van der Waals surface area contributed by atoms with Crippen LogP contribution in [0.2, 0.25) is 0 Å². The molecule has 0 aliphatic heterocycles. The van der Waals surface area contributed by atoms with E-state index in [1.54, 1.807) is 44.2 Å². The molecule has 106 valence electrons. The van der Waals surface area contributed by atoms with Crippen molar-refractivity contribution in [3.05, 3.63) is 65.1 Å². The van der Waals surface area contributed by atoms with Crippen LogP contribution < -0.4 is 10.9 Å². The largest absolute Gasteiger partial charge is 0.466 e. The summed E-state index contributed by atoms with van der Waals surface area (Å²) in [4.78, 5) is 12.0. The van der Waals surface area contributed by atoms with Gasteiger partial charge in [0.1, 0.15) is 11.5 Å². The zero-order valence-corrected chi connectivity index (χ0v) is 11.9. The summed E-state index contributed by atoms with van der Waals surface area (Å²) in [5.74, 6) is 0.957. The molecular weight excluding hydrogens is 266 g/mol. The number of carbonyl (C=O) groups excluding carboxylic acids is 1. The van der Waals surface area contributed by atoms with Crippen molar-refractivity contribution in [1.82, 2.24) is 10.9 Å². The Kier molecular flexibility index (Phi) is 4.10. The first-order valence-electron chi connectivity index (χ1n) is 6.34. The molecule has 0 atom stereocenters. The predicted molar refractivity (Wildman–Crippen MR) is 79.0 cm³/mol. The third kappa shape index (κ3) is 3.31. The molecule has 0 radical (unpaired) electrons. The standard InChI is InChI=1S/C16H15N3O2/c1-10-8-15(12(3)21-10)16(20)19-18-11(2)14-6-4-13(9-17)5-7-14/h4-8,18H,2H2,1,3H3,(H,19,20). The van der Waals surface area contributed by atoms with Crippen LogP contribution in [0.1, 0.15) is 33.0 Å². The Balaban J connectivity index is 1.99. The van der Waals surface area contributed by atoms with Gasteiger partial charge in [-0.25, -0.2) is 0 Å². The number of furan rings is 1. The highest BCUT2D eigenvalue weighted by molar-refractivity contribution is 5.95. The molecule has 2 N–H and O–H groups in total. The van der Waals surface area contributed by atoms with Crippen molar-refractivity contribution in [1.29, 1.82) is 5.26 Å². The van der Waals surface area contributed by atoms with E-state index in [0.29, 0.717) is 28.3 Å². The van der Waals surface area contributed by atoms with Crippen LogP contribution in [0.25, 0.3) is 5.70 Å². The molecule has 1 aromatic heterocycles. The highest BCUT2D eigenvalue weighted by Crippen LogP contribution is 2.14. The Morgan fingerprint density at radius 3 is 2.43 bits per heavy atom. The Bertz CT molecular complexity index is 721. The van der Waals surface area contributed by atoms with E-state index in [4.69, 9.17) is 9.68 Å². The Hall–Kier alpha value is -3.00. The lowest BCUT2D eigenvalue weighted by molar-refractivity contribution is 0.0941. The van der Waals surface area contributed by atoms with Gasteiger partial charge in [-0.1, -0.05) is 18.7 Å². The molecule has 21 heavy (non-hydrogen) atoms. The highest BCUT2D eigenvalue weighted by atomic mass is 16.3. The molecule has 1 amide bonds. The summed E-state index contributed by atoms with van der Waals surface area (Å²) in [6, 6.07) is 10.6. The maximum Gasteiger partial charge on any atom is 0.273 e. The summed E-state index contributed by atoms with van der Waals surface area (Å²) in [5, 5.41) is 8.74. The lowest BCUT2D eigenvalue weighted by atomic mass is 10.1. The van der Waals surface area contributed by atoms with E-state index in [1.807, 2.05) is 6.07 Å². The molecule has 0 aliphatic carbocycles. The summed E-state index contributed by atoms with van der Waals surface area (Å²) in [7, 11) is 0. The Morgan fingerprint density at radius 2 is 1.90 bits per heavy atom. The molecule has 0 saturated carbocycles. The van der Waals surface area contributed by atoms with Gasteiger partial charge in [-0.15, -0.1) is 0 Å². The van der Waals surface area contributed by atoms with E-state index < -0.39 is 0 Å². The number of rotatable bonds is 4. The van der Waals surface area contributed by atoms with Crippen molar-refractivity contribution in [3.63, 3.8) is 0 Å². The van der Waals surface area contributed by atoms with E-state index in [9.17, 15) is 4.79 Å². The average Bonchev–Trinajstić information content (AvgIpc) is 2.83. The maximum absolute atomic E-state index is 12.0. The van der Waals surface area contributed by atoms with Crippen LogP contribution in [-0.2, 0) is 0 Å². The van der Waals surface area contributed by atoms with Crippen molar-refractivity contribution in [2.45, 2.75) is 13.8 Å². The van der Waals surface area contributed by atoms with Crippen molar-refractivity contribution in [2.75, 3.05) is 0 Å². The van der Waals surface area contributed by atoms with Gasteiger partial charge < -0.3 is 4.42 Å². The average molecular weight is 281 g/mol. The van der Waals surface area contributed by atoms with E-state index in [2.05, 4.69) is 17.4 Å². The van der Waals surface area contributed by atoms with Crippen molar-refractivity contribution in [3.8, 4) is 6.07 Å². The van der Waals surface area contributed by atoms with Crippen LogP contribution in [0.4, 0.5) is 0 Å². The van der Waals surface area contributed by atoms with Gasteiger partial charge in [0.05, 0.1) is 22.9 Å². The van der Waals surface area contributed by atoms with Gasteiger partial charge in [0.25, 0.3) is 5.91 Å². The first-order valence-corrected chi connectivity index (χ1v) is 6.34. The topological polar surface area (TPSA) is 78.1 Å². The van der Waals surface area contributed by atoms with Crippen LogP contribution in [0.15, 0.2) is 41.3 Å². The number of hydrazine groups is 1. The number of nitriles is 1. The molecule has 0 unspecified atom stereocenters. The van der Waals surface area contributed by atoms with Crippen LogP contribution >= 0.6 is 0 Å². The van der Waals surface area contributed by atoms with Crippen molar-refractivity contribution < 1.29 is 9.21 Å². The van der Waals surface area contributed by atoms with Crippen LogP contribution in [0.3, 0.4) is 0 Å². The van der Waals surface area contributed by atoms with Gasteiger partial charge in [-0.05, 0) is 37.6 Å². The number of nitrogens with zero attached hydrogens (tertiary/aromatic N) is 1. The summed E-state index contributed by atoms with van der Waals surface area (Å²) in [5.41, 5.74) is 7.69. The number of nitrogens with one attached hydrogen (secondary N) is 2. The molecule has 0 aliphatic rings. The number of hydrogen-bond acceptors (Lipinski definition) is 4. The second-order valence-electron chi connectivity index (χ2n) is 4.57. The zero-order valence-electron chi connectivity index (χ0n) is 11.9. The maximum atomic E-state index is 12.0. The first kappa shape index (κ1) is 14.4. The van der Waals surface area contributed by atoms with Crippen molar-refractivity contribution >= 4 is 11.6 Å². The number of benzene rings is 1. The van der Waals surface area contributed by atoms with Gasteiger partial charge in [-0.3, -0.25) is 15.6 Å². The van der Waals surface area contributed by atoms with Crippen LogP contribution in [0, 0.1) is 25.2 Å². The summed E-state index contributed by atoms with van der Waals surface area (Å²) >= 11 is 0. The van der Waals surface area contributed by atoms with E-state index in [0.717, 1.165) is 5.56 Å². The third-order valence-corrected chi connectivity index (χ3v) is 2.97. The summed E-state index contributed by atoms with van der Waals surface area (Å²) in [6.45, 7) is 7.36. The zero-order chi connectivity index (χ0) is 15.4. The molecule has 5 heteroatoms. The van der Waals surface area contributed by atoms with Crippen LogP contribution in [0.5, 0.6) is 0 Å². The third-order valence-electron chi connectivity index (χ3n) is 2.97. The lowest BCUT2D eigenvalue weighted by Crippen LogP contribution is -2.35. The molecular formula is C16H15N3O2. The Morgan fingerprint density at radius 1 is 1.24 bits per heavy atom. The van der Waals surface area contributed by atoms with Gasteiger partial charge in [0.15, 0.2) is 0 Å². The number of hydrogen-bond donors (Lipinski definition) is 2. The second kappa shape index (κ2) is 5.97. The van der Waals surface area contributed by atoms with Gasteiger partial charge >= 0.3 is 0 Å². The second-order valence-corrected chi connectivity index (χ2v) is 4.57. The minimum absolute atomic E-state index is 0.292. The Labute approximate surface area is 122 Å². The SMILES string of the molecule is C=C(NNC(=O)c1cc(C)oc1C)c1ccc(C#N)cc1. The fourth-order valence-corrected chi connectivity index (χ4v) is 1.87. The molecule has 1 aromatic carbocycles. The van der Waals surface area contributed by atoms with E-state index >= 15 is 0 Å². The molecule has 0 saturated heterocycles. The minimum atomic E-state index is -0.292. The smallest absolute Gasteiger partial charge is 0.273 e. The molecule has 0 fully saturated rings. The predicted octanol–water partition coefficient (Wildman–Crippen LogP) is 2.67. The number of carbonyl (C=O) groups is 1. The van der Waals surface area contributed by atoms with Gasteiger partial charge in [-0.2, -0.15) is 5.26 Å². The molecule has 0 spiro atoms. The fourth-order valence-electron chi connectivity index (χ4n) is 1.87. The normalized spacial score (nSPS) is 9.76. The molecule has 2 aromatic rings. The lowest BCUT2D eigenvalue weighted by Gasteiger charge is -2.10. The summed E-state index contributed by atoms with van der Waals surface area (Å²) in [6.07, 6.45) is 0. The first-order chi connectivity index (χ1) is 10.0. The van der Waals surface area contributed by atoms with E-state index in [-0.39, 0.29) is 5.91 Å². The van der Waals surface area contributed by atoms with Crippen LogP contribution in [-0.4, -0.2) is 5.91 Å². The quantitative estimate of drug-likeness (QED) is 0.845. The molecule has 5 nitrogen and oxygen atoms in total. The molecule has 2 rings (SSSR count). The van der Waals surface area contributed by atoms with Crippen molar-refractivity contribution in [2.24, 2.45) is 0 Å². The number of amides is 1. The summed E-state index contributed by atoms with van der Waals surface area (Å²) < 4.78 is 5.31. The van der Waals surface area contributed by atoms with Gasteiger partial charge in [0.2, 0.25) is 0 Å². The number of aryl methyl sites for hydroxylation is 2. The highest BCUT2D eigenvalue weighted by Gasteiger charge is 2.13. The van der Waals surface area contributed by atoms with E-state index in [1.165, 1.54) is 0 Å². The minimum Gasteiger partial charge on any atom is -0.466 e. The fraction of sp³-hybridized carbons (Fsp3) is 0.125. The molecule has 0 bridgehead atoms.